The summed E-state index contributed by atoms with van der Waals surface area (Å²) in [5.41, 5.74) is 7.20. The van der Waals surface area contributed by atoms with Crippen LogP contribution in [0.1, 0.15) is 25.8 Å². The molecule has 0 radical (unpaired) electrons. The Morgan fingerprint density at radius 1 is 0.939 bits per heavy atom. The number of para-hydroxylation sites is 1. The summed E-state index contributed by atoms with van der Waals surface area (Å²) in [7, 11) is 0. The van der Waals surface area contributed by atoms with E-state index in [1.54, 1.807) is 6.20 Å². The Morgan fingerprint density at radius 3 is 2.18 bits per heavy atom. The summed E-state index contributed by atoms with van der Waals surface area (Å²) < 4.78 is 0. The third kappa shape index (κ3) is 7.04. The summed E-state index contributed by atoms with van der Waals surface area (Å²) in [5, 5.41) is 25.8. The number of aromatic nitrogens is 1. The van der Waals surface area contributed by atoms with Gasteiger partial charge in [-0.15, -0.1) is 0 Å². The lowest BCUT2D eigenvalue weighted by atomic mass is 10.0. The molecule has 178 valence electrons. The summed E-state index contributed by atoms with van der Waals surface area (Å²) in [6.45, 7) is 2.77. The van der Waals surface area contributed by atoms with Crippen molar-refractivity contribution in [2.45, 2.75) is 50.9 Å². The van der Waals surface area contributed by atoms with Crippen molar-refractivity contribution in [2.75, 3.05) is 0 Å². The molecule has 3 amide bonds. The fraction of sp³-hybridized carbons (Fsp3) is 0.381. The molecule has 1 heterocycles. The van der Waals surface area contributed by atoms with Gasteiger partial charge in [-0.3, -0.25) is 19.2 Å². The Hall–Kier alpha value is -3.93. The highest BCUT2D eigenvalue weighted by Gasteiger charge is 2.29. The smallest absolute Gasteiger partial charge is 0.326 e. The van der Waals surface area contributed by atoms with E-state index in [1.165, 1.54) is 13.8 Å². The predicted molar refractivity (Wildman–Crippen MR) is 117 cm³/mol. The average molecular weight is 461 g/mol. The maximum atomic E-state index is 12.9. The fourth-order valence-electron chi connectivity index (χ4n) is 3.08. The Bertz CT molecular complexity index is 1050. The molecule has 2 rings (SSSR count). The van der Waals surface area contributed by atoms with Gasteiger partial charge in [-0.25, -0.2) is 4.79 Å². The number of benzene rings is 1. The maximum absolute atomic E-state index is 12.9. The van der Waals surface area contributed by atoms with Gasteiger partial charge in [0.1, 0.15) is 18.1 Å². The van der Waals surface area contributed by atoms with E-state index in [-0.39, 0.29) is 6.42 Å². The fourth-order valence-corrected chi connectivity index (χ4v) is 3.08. The number of carbonyl (C=O) groups is 5. The van der Waals surface area contributed by atoms with Crippen LogP contribution in [0, 0.1) is 0 Å². The van der Waals surface area contributed by atoms with E-state index in [2.05, 4.69) is 20.9 Å². The van der Waals surface area contributed by atoms with Crippen LogP contribution >= 0.6 is 0 Å². The maximum Gasteiger partial charge on any atom is 0.326 e. The number of rotatable bonds is 11. The molecule has 0 aliphatic heterocycles. The molecule has 0 saturated carbocycles. The predicted octanol–water partition coefficient (Wildman–Crippen LogP) is -0.909. The molecule has 8 N–H and O–H groups in total. The highest BCUT2D eigenvalue weighted by Crippen LogP contribution is 2.19. The van der Waals surface area contributed by atoms with Gasteiger partial charge in [0.2, 0.25) is 17.7 Å². The molecule has 12 nitrogen and oxygen atoms in total. The molecule has 4 unspecified atom stereocenters. The Balaban J connectivity index is 2.14. The first-order valence-electron chi connectivity index (χ1n) is 10.2. The number of hydrogen-bond donors (Lipinski definition) is 7. The number of nitrogens with one attached hydrogen (secondary N) is 4. The first-order valence-corrected chi connectivity index (χ1v) is 10.2. The van der Waals surface area contributed by atoms with E-state index in [4.69, 9.17) is 15.9 Å². The zero-order valence-corrected chi connectivity index (χ0v) is 18.1. The van der Waals surface area contributed by atoms with Gasteiger partial charge in [0.25, 0.3) is 0 Å². The lowest BCUT2D eigenvalue weighted by Gasteiger charge is -2.23. The number of carbonyl (C=O) groups excluding carboxylic acids is 3. The number of H-pyrrole nitrogens is 1. The quantitative estimate of drug-likeness (QED) is 0.223. The molecule has 0 fully saturated rings. The molecule has 0 spiro atoms. The number of amides is 3. The van der Waals surface area contributed by atoms with Crippen LogP contribution in [0.5, 0.6) is 0 Å². The van der Waals surface area contributed by atoms with Crippen LogP contribution in [0.15, 0.2) is 30.5 Å². The number of aliphatic carboxylic acids is 2. The zero-order valence-electron chi connectivity index (χ0n) is 18.1. The van der Waals surface area contributed by atoms with Gasteiger partial charge >= 0.3 is 11.9 Å². The number of carboxylic acids is 2. The first kappa shape index (κ1) is 25.3. The van der Waals surface area contributed by atoms with Crippen molar-refractivity contribution in [3.8, 4) is 0 Å². The van der Waals surface area contributed by atoms with E-state index in [0.29, 0.717) is 0 Å². The Morgan fingerprint density at radius 2 is 1.58 bits per heavy atom. The first-order chi connectivity index (χ1) is 15.5. The van der Waals surface area contributed by atoms with Crippen molar-refractivity contribution in [1.29, 1.82) is 0 Å². The average Bonchev–Trinajstić information content (AvgIpc) is 3.14. The van der Waals surface area contributed by atoms with Crippen LogP contribution in [0.2, 0.25) is 0 Å². The third-order valence-corrected chi connectivity index (χ3v) is 4.89. The molecule has 12 heteroatoms. The topological polar surface area (TPSA) is 204 Å². The van der Waals surface area contributed by atoms with Crippen LogP contribution in [0.3, 0.4) is 0 Å². The van der Waals surface area contributed by atoms with Gasteiger partial charge in [-0.1, -0.05) is 18.2 Å². The van der Waals surface area contributed by atoms with Crippen molar-refractivity contribution < 1.29 is 34.2 Å². The summed E-state index contributed by atoms with van der Waals surface area (Å²) in [6, 6.07) is 2.58. The third-order valence-electron chi connectivity index (χ3n) is 4.89. The van der Waals surface area contributed by atoms with E-state index in [1.807, 2.05) is 24.3 Å². The molecule has 0 aliphatic rings. The van der Waals surface area contributed by atoms with E-state index in [9.17, 15) is 24.0 Å². The monoisotopic (exact) mass is 461 g/mol. The SMILES string of the molecule is CC(N)C(=O)NC(Cc1c[nH]c2ccccc12)C(=O)NC(C)C(=O)NC(CC(=O)O)C(=O)O. The van der Waals surface area contributed by atoms with Crippen molar-refractivity contribution in [2.24, 2.45) is 5.73 Å². The Kier molecular flexibility index (Phi) is 8.51. The molecule has 1 aromatic heterocycles. The van der Waals surface area contributed by atoms with Crippen LogP contribution in [0.4, 0.5) is 0 Å². The second-order valence-electron chi connectivity index (χ2n) is 7.64. The second kappa shape index (κ2) is 11.1. The summed E-state index contributed by atoms with van der Waals surface area (Å²) in [4.78, 5) is 62.4. The summed E-state index contributed by atoms with van der Waals surface area (Å²) >= 11 is 0. The van der Waals surface area contributed by atoms with Gasteiger partial charge in [-0.2, -0.15) is 0 Å². The number of nitrogens with two attached hydrogens (primary N) is 1. The van der Waals surface area contributed by atoms with E-state index >= 15 is 0 Å². The zero-order chi connectivity index (χ0) is 24.7. The van der Waals surface area contributed by atoms with Crippen LogP contribution in [0.25, 0.3) is 10.9 Å². The molecule has 0 aliphatic carbocycles. The molecule has 0 bridgehead atoms. The number of hydrogen-bond acceptors (Lipinski definition) is 6. The van der Waals surface area contributed by atoms with Crippen molar-refractivity contribution >= 4 is 40.6 Å². The van der Waals surface area contributed by atoms with Crippen LogP contribution in [-0.2, 0) is 30.4 Å². The molecule has 33 heavy (non-hydrogen) atoms. The number of carboxylic acid groups (broad SMARTS) is 2. The van der Waals surface area contributed by atoms with Gasteiger partial charge < -0.3 is 36.9 Å². The van der Waals surface area contributed by atoms with Gasteiger partial charge in [0, 0.05) is 23.5 Å². The molecule has 0 saturated heterocycles. The van der Waals surface area contributed by atoms with Crippen molar-refractivity contribution in [3.05, 3.63) is 36.0 Å². The summed E-state index contributed by atoms with van der Waals surface area (Å²) in [5.74, 6) is -5.08. The normalized spacial score (nSPS) is 14.5. The van der Waals surface area contributed by atoms with E-state index in [0.717, 1.165) is 16.5 Å². The molecule has 4 atom stereocenters. The standard InChI is InChI=1S/C21H27N5O7/c1-10(22)18(29)25-15(7-12-9-23-14-6-4-3-5-13(12)14)20(31)24-11(2)19(30)26-16(21(32)33)8-17(27)28/h3-6,9-11,15-16,23H,7-8,22H2,1-2H3,(H,24,31)(H,25,29)(H,26,30)(H,27,28)(H,32,33). The molecule has 2 aromatic rings. The highest BCUT2D eigenvalue weighted by molar-refractivity contribution is 5.95. The molecular weight excluding hydrogens is 434 g/mol. The summed E-state index contributed by atoms with van der Waals surface area (Å²) in [6.07, 6.45) is 0.983. The van der Waals surface area contributed by atoms with Gasteiger partial charge in [0.15, 0.2) is 0 Å². The largest absolute Gasteiger partial charge is 0.481 e. The lowest BCUT2D eigenvalue weighted by molar-refractivity contribution is -0.147. The van der Waals surface area contributed by atoms with Gasteiger partial charge in [-0.05, 0) is 25.5 Å². The molecule has 1 aromatic carbocycles. The molecular formula is C21H27N5O7. The number of fused-ring (bicyclic) bond motifs is 1. The van der Waals surface area contributed by atoms with Crippen LogP contribution < -0.4 is 21.7 Å². The second-order valence-corrected chi connectivity index (χ2v) is 7.64. The Labute approximate surface area is 188 Å². The van der Waals surface area contributed by atoms with Gasteiger partial charge in [0.05, 0.1) is 12.5 Å². The lowest BCUT2D eigenvalue weighted by Crippen LogP contribution is -2.56. The van der Waals surface area contributed by atoms with E-state index < -0.39 is 60.2 Å². The number of aromatic amines is 1. The van der Waals surface area contributed by atoms with Crippen molar-refractivity contribution in [3.63, 3.8) is 0 Å². The minimum absolute atomic E-state index is 0.0966. The minimum atomic E-state index is -1.66. The highest BCUT2D eigenvalue weighted by atomic mass is 16.4. The van der Waals surface area contributed by atoms with Crippen LogP contribution in [-0.4, -0.2) is 69.0 Å². The van der Waals surface area contributed by atoms with Crippen molar-refractivity contribution in [1.82, 2.24) is 20.9 Å². The minimum Gasteiger partial charge on any atom is -0.481 e.